The van der Waals surface area contributed by atoms with Gasteiger partial charge in [-0.1, -0.05) is 0 Å². The van der Waals surface area contributed by atoms with Gasteiger partial charge >= 0.3 is 0 Å². The third kappa shape index (κ3) is 7.38. The summed E-state index contributed by atoms with van der Waals surface area (Å²) in [5.74, 6) is 2.97. The quantitative estimate of drug-likeness (QED) is 0.231. The van der Waals surface area contributed by atoms with E-state index in [1.54, 1.807) is 28.4 Å². The van der Waals surface area contributed by atoms with E-state index in [1.165, 1.54) is 0 Å². The minimum atomic E-state index is 0. The van der Waals surface area contributed by atoms with Crippen LogP contribution < -0.4 is 19.5 Å². The Hall–Kier alpha value is -1.46. The third-order valence-electron chi connectivity index (χ3n) is 4.82. The van der Waals surface area contributed by atoms with Crippen molar-refractivity contribution >= 4 is 29.9 Å². The molecule has 0 amide bonds. The van der Waals surface area contributed by atoms with Crippen molar-refractivity contribution in [2.24, 2.45) is 4.99 Å². The zero-order valence-corrected chi connectivity index (χ0v) is 20.5. The van der Waals surface area contributed by atoms with Gasteiger partial charge in [0.1, 0.15) is 0 Å². The maximum Gasteiger partial charge on any atom is 0.203 e. The van der Waals surface area contributed by atoms with Crippen molar-refractivity contribution < 1.29 is 18.9 Å². The van der Waals surface area contributed by atoms with E-state index in [0.29, 0.717) is 17.2 Å². The molecule has 2 rings (SSSR count). The molecule has 1 aromatic carbocycles. The maximum atomic E-state index is 5.46. The minimum Gasteiger partial charge on any atom is -0.493 e. The first-order valence-electron chi connectivity index (χ1n) is 9.62. The fourth-order valence-electron chi connectivity index (χ4n) is 3.35. The SMILES string of the molecule is CN=C(NCCCOC)N1CCN(Cc2cc(OC)c(OC)c(OC)c2)CC1.I. The first kappa shape index (κ1) is 25.6. The van der Waals surface area contributed by atoms with Crippen LogP contribution in [0.2, 0.25) is 0 Å². The number of guanidine groups is 1. The summed E-state index contributed by atoms with van der Waals surface area (Å²) in [7, 11) is 8.47. The summed E-state index contributed by atoms with van der Waals surface area (Å²) >= 11 is 0. The molecule has 1 fully saturated rings. The summed E-state index contributed by atoms with van der Waals surface area (Å²) in [6, 6.07) is 4.04. The van der Waals surface area contributed by atoms with E-state index < -0.39 is 0 Å². The molecule has 1 heterocycles. The minimum absolute atomic E-state index is 0. The molecule has 0 radical (unpaired) electrons. The average molecular weight is 522 g/mol. The van der Waals surface area contributed by atoms with Gasteiger partial charge in [-0.05, 0) is 24.1 Å². The van der Waals surface area contributed by atoms with E-state index in [4.69, 9.17) is 18.9 Å². The summed E-state index contributed by atoms with van der Waals surface area (Å²) in [5.41, 5.74) is 1.14. The molecule has 0 aromatic heterocycles. The number of rotatable bonds is 9. The predicted octanol–water partition coefficient (Wildman–Crippen LogP) is 2.06. The number of hydrogen-bond acceptors (Lipinski definition) is 6. The maximum absolute atomic E-state index is 5.46. The molecule has 0 unspecified atom stereocenters. The number of halogens is 1. The molecular weight excluding hydrogens is 487 g/mol. The summed E-state index contributed by atoms with van der Waals surface area (Å²) < 4.78 is 21.4. The Morgan fingerprint density at radius 3 is 2.10 bits per heavy atom. The van der Waals surface area contributed by atoms with Crippen LogP contribution in [-0.2, 0) is 11.3 Å². The zero-order chi connectivity index (χ0) is 20.4. The molecule has 0 bridgehead atoms. The van der Waals surface area contributed by atoms with Gasteiger partial charge in [0.25, 0.3) is 0 Å². The van der Waals surface area contributed by atoms with Crippen LogP contribution in [-0.4, -0.2) is 90.6 Å². The van der Waals surface area contributed by atoms with Crippen molar-refractivity contribution in [2.75, 3.05) is 74.8 Å². The van der Waals surface area contributed by atoms with Crippen LogP contribution in [0.5, 0.6) is 17.2 Å². The second kappa shape index (κ2) is 13.7. The van der Waals surface area contributed by atoms with E-state index in [0.717, 1.165) is 63.8 Å². The largest absolute Gasteiger partial charge is 0.493 e. The summed E-state index contributed by atoms with van der Waals surface area (Å²) in [4.78, 5) is 9.14. The van der Waals surface area contributed by atoms with Crippen LogP contribution in [0.3, 0.4) is 0 Å². The van der Waals surface area contributed by atoms with Crippen molar-refractivity contribution in [3.63, 3.8) is 0 Å². The van der Waals surface area contributed by atoms with Gasteiger partial charge in [-0.25, -0.2) is 0 Å². The van der Waals surface area contributed by atoms with Crippen LogP contribution in [0, 0.1) is 0 Å². The fourth-order valence-corrected chi connectivity index (χ4v) is 3.35. The van der Waals surface area contributed by atoms with Gasteiger partial charge in [0.2, 0.25) is 5.75 Å². The lowest BCUT2D eigenvalue weighted by atomic mass is 10.1. The van der Waals surface area contributed by atoms with Gasteiger partial charge in [0.15, 0.2) is 17.5 Å². The molecular formula is C20H35IN4O4. The standard InChI is InChI=1S/C20H34N4O4.HI/c1-21-20(22-7-6-12-25-2)24-10-8-23(9-11-24)15-16-13-17(26-3)19(28-5)18(14-16)27-4;/h13-14H,6-12,15H2,1-5H3,(H,21,22);1H. The monoisotopic (exact) mass is 522 g/mol. The van der Waals surface area contributed by atoms with Crippen molar-refractivity contribution in [1.29, 1.82) is 0 Å². The van der Waals surface area contributed by atoms with Gasteiger partial charge in [0, 0.05) is 60.0 Å². The third-order valence-corrected chi connectivity index (χ3v) is 4.82. The lowest BCUT2D eigenvalue weighted by Gasteiger charge is -2.36. The Bertz CT molecular complexity index is 612. The average Bonchev–Trinajstić information content (AvgIpc) is 2.74. The van der Waals surface area contributed by atoms with Gasteiger partial charge < -0.3 is 29.2 Å². The van der Waals surface area contributed by atoms with Gasteiger partial charge in [-0.15, -0.1) is 24.0 Å². The first-order chi connectivity index (χ1) is 13.7. The van der Waals surface area contributed by atoms with Crippen molar-refractivity contribution in [3.8, 4) is 17.2 Å². The van der Waals surface area contributed by atoms with Crippen LogP contribution in [0.4, 0.5) is 0 Å². The van der Waals surface area contributed by atoms with E-state index in [2.05, 4.69) is 20.1 Å². The lowest BCUT2D eigenvalue weighted by Crippen LogP contribution is -2.52. The molecule has 1 saturated heterocycles. The van der Waals surface area contributed by atoms with Crippen molar-refractivity contribution in [3.05, 3.63) is 17.7 Å². The van der Waals surface area contributed by atoms with E-state index in [-0.39, 0.29) is 24.0 Å². The zero-order valence-electron chi connectivity index (χ0n) is 18.2. The molecule has 0 spiro atoms. The van der Waals surface area contributed by atoms with E-state index in [1.807, 2.05) is 19.2 Å². The smallest absolute Gasteiger partial charge is 0.203 e. The number of aliphatic imine (C=N–C) groups is 1. The molecule has 9 heteroatoms. The second-order valence-electron chi connectivity index (χ2n) is 6.62. The second-order valence-corrected chi connectivity index (χ2v) is 6.62. The summed E-state index contributed by atoms with van der Waals surface area (Å²) in [5, 5.41) is 3.41. The van der Waals surface area contributed by atoms with Gasteiger partial charge in [-0.3, -0.25) is 9.89 Å². The molecule has 1 aliphatic rings. The Morgan fingerprint density at radius 2 is 1.62 bits per heavy atom. The molecule has 0 saturated carbocycles. The number of piperazine rings is 1. The van der Waals surface area contributed by atoms with Crippen molar-refractivity contribution in [2.45, 2.75) is 13.0 Å². The number of methoxy groups -OCH3 is 4. The van der Waals surface area contributed by atoms with E-state index in [9.17, 15) is 0 Å². The Balaban J connectivity index is 0.00000420. The lowest BCUT2D eigenvalue weighted by molar-refractivity contribution is 0.171. The highest BCUT2D eigenvalue weighted by Crippen LogP contribution is 2.38. The normalized spacial score (nSPS) is 14.9. The highest BCUT2D eigenvalue weighted by atomic mass is 127. The molecule has 166 valence electrons. The first-order valence-corrected chi connectivity index (χ1v) is 9.62. The Morgan fingerprint density at radius 1 is 1.00 bits per heavy atom. The number of nitrogens with one attached hydrogen (secondary N) is 1. The number of ether oxygens (including phenoxy) is 4. The molecule has 1 aromatic rings. The fraction of sp³-hybridized carbons (Fsp3) is 0.650. The molecule has 29 heavy (non-hydrogen) atoms. The van der Waals surface area contributed by atoms with Crippen LogP contribution in [0.15, 0.2) is 17.1 Å². The highest BCUT2D eigenvalue weighted by molar-refractivity contribution is 14.0. The molecule has 8 nitrogen and oxygen atoms in total. The number of nitrogens with zero attached hydrogens (tertiary/aromatic N) is 3. The van der Waals surface area contributed by atoms with Crippen LogP contribution in [0.25, 0.3) is 0 Å². The molecule has 0 aliphatic carbocycles. The molecule has 1 aliphatic heterocycles. The van der Waals surface area contributed by atoms with E-state index >= 15 is 0 Å². The van der Waals surface area contributed by atoms with Gasteiger partial charge in [-0.2, -0.15) is 0 Å². The summed E-state index contributed by atoms with van der Waals surface area (Å²) in [6.07, 6.45) is 0.969. The number of hydrogen-bond donors (Lipinski definition) is 1. The topological polar surface area (TPSA) is 67.8 Å². The molecule has 1 N–H and O–H groups in total. The van der Waals surface area contributed by atoms with Crippen molar-refractivity contribution in [1.82, 2.24) is 15.1 Å². The summed E-state index contributed by atoms with van der Waals surface area (Å²) in [6.45, 7) is 6.27. The predicted molar refractivity (Wildman–Crippen MR) is 126 cm³/mol. The van der Waals surface area contributed by atoms with Gasteiger partial charge in [0.05, 0.1) is 21.3 Å². The van der Waals surface area contributed by atoms with Crippen LogP contribution >= 0.6 is 24.0 Å². The van der Waals surface area contributed by atoms with Crippen LogP contribution in [0.1, 0.15) is 12.0 Å². The molecule has 0 atom stereocenters. The Kier molecular flexibility index (Phi) is 12.1. The number of benzene rings is 1. The highest BCUT2D eigenvalue weighted by Gasteiger charge is 2.21. The Labute approximate surface area is 191 Å².